The van der Waals surface area contributed by atoms with Crippen molar-refractivity contribution in [1.29, 1.82) is 0 Å². The maximum absolute atomic E-state index is 11.3. The van der Waals surface area contributed by atoms with Crippen LogP contribution in [0.5, 0.6) is 0 Å². The van der Waals surface area contributed by atoms with E-state index in [1.807, 2.05) is 0 Å². The van der Waals surface area contributed by atoms with Gasteiger partial charge in [-0.3, -0.25) is 9.89 Å². The van der Waals surface area contributed by atoms with Crippen molar-refractivity contribution in [2.24, 2.45) is 0 Å². The van der Waals surface area contributed by atoms with Gasteiger partial charge < -0.3 is 10.4 Å². The molecule has 14 heavy (non-hydrogen) atoms. The lowest BCUT2D eigenvalue weighted by atomic mass is 10.2. The van der Waals surface area contributed by atoms with Crippen molar-refractivity contribution in [3.8, 4) is 0 Å². The molecule has 1 atom stereocenters. The Morgan fingerprint density at radius 1 is 1.79 bits per heavy atom. The van der Waals surface area contributed by atoms with Gasteiger partial charge in [0.05, 0.1) is 6.10 Å². The first kappa shape index (κ1) is 10.7. The summed E-state index contributed by atoms with van der Waals surface area (Å²) in [5.74, 6) is -0.159. The first-order valence-electron chi connectivity index (χ1n) is 4.66. The molecule has 0 radical (unpaired) electrons. The zero-order valence-corrected chi connectivity index (χ0v) is 8.16. The number of amides is 1. The van der Waals surface area contributed by atoms with Gasteiger partial charge in [0.2, 0.25) is 0 Å². The Labute approximate surface area is 82.5 Å². The van der Waals surface area contributed by atoms with Crippen molar-refractivity contribution in [1.82, 2.24) is 15.5 Å². The SMILES string of the molecule is CC(O)CCCNC(=O)c1ccn[nH]1. The van der Waals surface area contributed by atoms with E-state index in [4.69, 9.17) is 5.11 Å². The number of nitrogens with one attached hydrogen (secondary N) is 2. The molecule has 5 heteroatoms. The minimum atomic E-state index is -0.306. The van der Waals surface area contributed by atoms with Crippen LogP contribution in [-0.2, 0) is 0 Å². The minimum Gasteiger partial charge on any atom is -0.393 e. The summed E-state index contributed by atoms with van der Waals surface area (Å²) in [4.78, 5) is 11.3. The summed E-state index contributed by atoms with van der Waals surface area (Å²) in [6.45, 7) is 2.31. The first-order chi connectivity index (χ1) is 6.70. The molecule has 0 spiro atoms. The Bertz CT molecular complexity index is 270. The van der Waals surface area contributed by atoms with Gasteiger partial charge in [-0.25, -0.2) is 0 Å². The highest BCUT2D eigenvalue weighted by molar-refractivity contribution is 5.91. The zero-order valence-electron chi connectivity index (χ0n) is 8.16. The quantitative estimate of drug-likeness (QED) is 0.594. The molecule has 0 bridgehead atoms. The maximum Gasteiger partial charge on any atom is 0.269 e. The topological polar surface area (TPSA) is 78.0 Å². The molecule has 0 saturated carbocycles. The molecule has 1 heterocycles. The van der Waals surface area contributed by atoms with Crippen LogP contribution < -0.4 is 5.32 Å². The van der Waals surface area contributed by atoms with Crippen LogP contribution in [0.4, 0.5) is 0 Å². The van der Waals surface area contributed by atoms with Crippen LogP contribution >= 0.6 is 0 Å². The molecular formula is C9H15N3O2. The second kappa shape index (κ2) is 5.39. The zero-order chi connectivity index (χ0) is 10.4. The number of H-pyrrole nitrogens is 1. The van der Waals surface area contributed by atoms with Crippen LogP contribution in [0.15, 0.2) is 12.3 Å². The smallest absolute Gasteiger partial charge is 0.269 e. The van der Waals surface area contributed by atoms with E-state index in [1.54, 1.807) is 13.0 Å². The summed E-state index contributed by atoms with van der Waals surface area (Å²) < 4.78 is 0. The number of nitrogens with zero attached hydrogens (tertiary/aromatic N) is 1. The summed E-state index contributed by atoms with van der Waals surface area (Å²) in [5, 5.41) is 17.9. The van der Waals surface area contributed by atoms with Crippen LogP contribution in [-0.4, -0.2) is 33.9 Å². The molecule has 0 aliphatic rings. The summed E-state index contributed by atoms with van der Waals surface area (Å²) in [5.41, 5.74) is 0.460. The molecule has 0 aromatic carbocycles. The van der Waals surface area contributed by atoms with E-state index in [1.165, 1.54) is 6.20 Å². The van der Waals surface area contributed by atoms with E-state index in [0.717, 1.165) is 6.42 Å². The van der Waals surface area contributed by atoms with Crippen molar-refractivity contribution < 1.29 is 9.90 Å². The largest absolute Gasteiger partial charge is 0.393 e. The van der Waals surface area contributed by atoms with E-state index in [9.17, 15) is 4.79 Å². The van der Waals surface area contributed by atoms with Gasteiger partial charge in [-0.2, -0.15) is 5.10 Å². The lowest BCUT2D eigenvalue weighted by Crippen LogP contribution is -2.25. The molecule has 5 nitrogen and oxygen atoms in total. The van der Waals surface area contributed by atoms with E-state index in [-0.39, 0.29) is 12.0 Å². The van der Waals surface area contributed by atoms with E-state index in [0.29, 0.717) is 18.7 Å². The predicted molar refractivity (Wildman–Crippen MR) is 51.8 cm³/mol. The molecule has 1 aromatic rings. The first-order valence-corrected chi connectivity index (χ1v) is 4.66. The summed E-state index contributed by atoms with van der Waals surface area (Å²) in [6, 6.07) is 1.62. The van der Waals surface area contributed by atoms with Gasteiger partial charge in [0.25, 0.3) is 5.91 Å². The van der Waals surface area contributed by atoms with Gasteiger partial charge in [-0.1, -0.05) is 0 Å². The fraction of sp³-hybridized carbons (Fsp3) is 0.556. The fourth-order valence-electron chi connectivity index (χ4n) is 1.08. The van der Waals surface area contributed by atoms with Crippen LogP contribution in [0.2, 0.25) is 0 Å². The Morgan fingerprint density at radius 2 is 2.57 bits per heavy atom. The third kappa shape index (κ3) is 3.57. The molecule has 0 aliphatic heterocycles. The molecule has 1 amide bonds. The normalized spacial score (nSPS) is 12.4. The molecule has 0 fully saturated rings. The van der Waals surface area contributed by atoms with E-state index >= 15 is 0 Å². The average molecular weight is 197 g/mol. The van der Waals surface area contributed by atoms with Gasteiger partial charge in [-0.15, -0.1) is 0 Å². The highest BCUT2D eigenvalue weighted by Gasteiger charge is 2.05. The third-order valence-corrected chi connectivity index (χ3v) is 1.83. The van der Waals surface area contributed by atoms with E-state index in [2.05, 4.69) is 15.5 Å². The molecule has 3 N–H and O–H groups in total. The third-order valence-electron chi connectivity index (χ3n) is 1.83. The van der Waals surface area contributed by atoms with Crippen molar-refractivity contribution in [3.05, 3.63) is 18.0 Å². The van der Waals surface area contributed by atoms with Crippen LogP contribution in [0.1, 0.15) is 30.3 Å². The lowest BCUT2D eigenvalue weighted by molar-refractivity contribution is 0.0944. The Balaban J connectivity index is 2.16. The Morgan fingerprint density at radius 3 is 3.14 bits per heavy atom. The van der Waals surface area contributed by atoms with Gasteiger partial charge in [0, 0.05) is 12.7 Å². The molecule has 0 aliphatic carbocycles. The average Bonchev–Trinajstić information content (AvgIpc) is 2.64. The van der Waals surface area contributed by atoms with Crippen LogP contribution in [0.25, 0.3) is 0 Å². The van der Waals surface area contributed by atoms with Crippen LogP contribution in [0.3, 0.4) is 0 Å². The van der Waals surface area contributed by atoms with Crippen molar-refractivity contribution in [2.75, 3.05) is 6.54 Å². The minimum absolute atomic E-state index is 0.159. The summed E-state index contributed by atoms with van der Waals surface area (Å²) in [7, 11) is 0. The second-order valence-electron chi connectivity index (χ2n) is 3.22. The standard InChI is InChI=1S/C9H15N3O2/c1-7(13)3-2-5-10-9(14)8-4-6-11-12-8/h4,6-7,13H,2-3,5H2,1H3,(H,10,14)(H,11,12). The van der Waals surface area contributed by atoms with Crippen molar-refractivity contribution >= 4 is 5.91 Å². The van der Waals surface area contributed by atoms with Crippen molar-refractivity contribution in [2.45, 2.75) is 25.9 Å². The second-order valence-corrected chi connectivity index (χ2v) is 3.22. The van der Waals surface area contributed by atoms with Gasteiger partial charge in [-0.05, 0) is 25.8 Å². The van der Waals surface area contributed by atoms with Gasteiger partial charge in [0.1, 0.15) is 5.69 Å². The Kier molecular flexibility index (Phi) is 4.12. The number of aliphatic hydroxyl groups excluding tert-OH is 1. The monoisotopic (exact) mass is 197 g/mol. The summed E-state index contributed by atoms with van der Waals surface area (Å²) >= 11 is 0. The number of hydrogen-bond donors (Lipinski definition) is 3. The van der Waals surface area contributed by atoms with Crippen LogP contribution in [0, 0.1) is 0 Å². The lowest BCUT2D eigenvalue weighted by Gasteiger charge is -2.04. The van der Waals surface area contributed by atoms with Gasteiger partial charge >= 0.3 is 0 Å². The molecular weight excluding hydrogens is 182 g/mol. The molecule has 1 aromatic heterocycles. The number of aromatic amines is 1. The predicted octanol–water partition coefficient (Wildman–Crippen LogP) is 0.300. The number of hydrogen-bond acceptors (Lipinski definition) is 3. The number of carbonyl (C=O) groups excluding carboxylic acids is 1. The number of rotatable bonds is 5. The molecule has 1 unspecified atom stereocenters. The fourth-order valence-corrected chi connectivity index (χ4v) is 1.08. The number of aromatic nitrogens is 2. The highest BCUT2D eigenvalue weighted by Crippen LogP contribution is 1.95. The number of carbonyl (C=O) groups is 1. The Hall–Kier alpha value is -1.36. The maximum atomic E-state index is 11.3. The molecule has 1 rings (SSSR count). The molecule has 78 valence electrons. The molecule has 0 saturated heterocycles. The summed E-state index contributed by atoms with van der Waals surface area (Å²) in [6.07, 6.45) is 2.70. The van der Waals surface area contributed by atoms with E-state index < -0.39 is 0 Å². The number of aliphatic hydroxyl groups is 1. The van der Waals surface area contributed by atoms with Gasteiger partial charge in [0.15, 0.2) is 0 Å². The highest BCUT2D eigenvalue weighted by atomic mass is 16.3. The van der Waals surface area contributed by atoms with Crippen molar-refractivity contribution in [3.63, 3.8) is 0 Å².